The number of carbonyl (C=O) groups is 1. The van der Waals surface area contributed by atoms with E-state index in [1.54, 1.807) is 0 Å². The number of ether oxygens (including phenoxy) is 1. The Labute approximate surface area is 172 Å². The minimum atomic E-state index is 0.0414. The second-order valence-corrected chi connectivity index (χ2v) is 7.75. The van der Waals surface area contributed by atoms with Crippen LogP contribution in [0.4, 0.5) is 0 Å². The minimum absolute atomic E-state index is 0.0414. The van der Waals surface area contributed by atoms with E-state index in [1.807, 2.05) is 54.6 Å². The molecule has 28 heavy (non-hydrogen) atoms. The lowest BCUT2D eigenvalue weighted by molar-refractivity contribution is 0.0910. The number of benzene rings is 2. The third-order valence-corrected chi connectivity index (χ3v) is 5.41. The minimum Gasteiger partial charge on any atom is -0.494 e. The summed E-state index contributed by atoms with van der Waals surface area (Å²) in [6.45, 7) is 3.98. The molecule has 1 N–H and O–H groups in total. The van der Waals surface area contributed by atoms with Crippen molar-refractivity contribution in [3.63, 3.8) is 0 Å². The van der Waals surface area contributed by atoms with E-state index in [2.05, 4.69) is 10.2 Å². The van der Waals surface area contributed by atoms with Gasteiger partial charge in [0, 0.05) is 29.7 Å². The molecule has 5 heteroatoms. The van der Waals surface area contributed by atoms with E-state index in [-0.39, 0.29) is 11.9 Å². The van der Waals surface area contributed by atoms with Gasteiger partial charge in [0.25, 0.3) is 5.91 Å². The Bertz CT molecular complexity index is 713. The molecule has 1 aliphatic rings. The van der Waals surface area contributed by atoms with E-state index >= 15 is 0 Å². The highest BCUT2D eigenvalue weighted by atomic mass is 35.5. The predicted octanol–water partition coefficient (Wildman–Crippen LogP) is 4.78. The Balaban J connectivity index is 1.24. The molecule has 150 valence electrons. The van der Waals surface area contributed by atoms with Crippen molar-refractivity contribution >= 4 is 17.5 Å². The Kier molecular flexibility index (Phi) is 8.19. The zero-order chi connectivity index (χ0) is 19.6. The Morgan fingerprint density at radius 1 is 1.00 bits per heavy atom. The highest BCUT2D eigenvalue weighted by Crippen LogP contribution is 2.16. The monoisotopic (exact) mass is 400 g/mol. The van der Waals surface area contributed by atoms with Gasteiger partial charge in [-0.15, -0.1) is 0 Å². The molecule has 2 aromatic rings. The molecule has 0 spiro atoms. The van der Waals surface area contributed by atoms with E-state index in [1.165, 1.54) is 6.42 Å². The van der Waals surface area contributed by atoms with Crippen LogP contribution in [-0.4, -0.2) is 43.1 Å². The molecule has 0 radical (unpaired) electrons. The molecule has 0 aliphatic carbocycles. The second kappa shape index (κ2) is 11.1. The molecule has 0 atom stereocenters. The molecular formula is C23H29ClN2O2. The molecule has 1 amide bonds. The molecule has 2 aromatic carbocycles. The summed E-state index contributed by atoms with van der Waals surface area (Å²) >= 11 is 5.87. The first-order chi connectivity index (χ1) is 13.7. The lowest BCUT2D eigenvalue weighted by Gasteiger charge is -2.32. The predicted molar refractivity (Wildman–Crippen MR) is 114 cm³/mol. The number of nitrogens with one attached hydrogen (secondary N) is 1. The summed E-state index contributed by atoms with van der Waals surface area (Å²) in [5.41, 5.74) is 0.741. The van der Waals surface area contributed by atoms with Crippen LogP contribution in [0.1, 0.15) is 42.5 Å². The Hall–Kier alpha value is -2.04. The third-order valence-electron chi connectivity index (χ3n) is 5.16. The van der Waals surface area contributed by atoms with Crippen molar-refractivity contribution in [2.75, 3.05) is 26.2 Å². The van der Waals surface area contributed by atoms with Crippen molar-refractivity contribution in [2.24, 2.45) is 0 Å². The highest BCUT2D eigenvalue weighted by Gasteiger charge is 2.20. The van der Waals surface area contributed by atoms with Gasteiger partial charge in [-0.3, -0.25) is 4.79 Å². The van der Waals surface area contributed by atoms with E-state index in [4.69, 9.17) is 16.3 Å². The molecular weight excluding hydrogens is 372 g/mol. The van der Waals surface area contributed by atoms with Crippen molar-refractivity contribution in [1.29, 1.82) is 0 Å². The number of nitrogens with zero attached hydrogens (tertiary/aromatic N) is 1. The molecule has 4 nitrogen and oxygen atoms in total. The van der Waals surface area contributed by atoms with E-state index in [9.17, 15) is 4.79 Å². The summed E-state index contributed by atoms with van der Waals surface area (Å²) in [5, 5.41) is 3.90. The fourth-order valence-corrected chi connectivity index (χ4v) is 3.62. The normalized spacial score (nSPS) is 15.3. The number of likely N-dealkylation sites (tertiary alicyclic amines) is 1. The molecule has 0 saturated carbocycles. The fourth-order valence-electron chi connectivity index (χ4n) is 3.49. The maximum atomic E-state index is 12.2. The summed E-state index contributed by atoms with van der Waals surface area (Å²) in [4.78, 5) is 14.7. The van der Waals surface area contributed by atoms with Crippen LogP contribution in [0.2, 0.25) is 5.02 Å². The largest absolute Gasteiger partial charge is 0.494 e. The van der Waals surface area contributed by atoms with Crippen molar-refractivity contribution in [3.05, 3.63) is 65.2 Å². The SMILES string of the molecule is O=C(NC1CCN(CCCCCOc2ccc(Cl)cc2)CC1)c1ccccc1. The maximum Gasteiger partial charge on any atom is 0.251 e. The summed E-state index contributed by atoms with van der Waals surface area (Å²) in [7, 11) is 0. The molecule has 1 aliphatic heterocycles. The van der Waals surface area contributed by atoms with Crippen molar-refractivity contribution in [2.45, 2.75) is 38.1 Å². The van der Waals surface area contributed by atoms with Gasteiger partial charge in [-0.1, -0.05) is 29.8 Å². The van der Waals surface area contributed by atoms with Crippen LogP contribution in [0, 0.1) is 0 Å². The van der Waals surface area contributed by atoms with Crippen LogP contribution in [0.25, 0.3) is 0 Å². The Morgan fingerprint density at radius 2 is 1.71 bits per heavy atom. The molecule has 1 heterocycles. The number of hydrogen-bond acceptors (Lipinski definition) is 3. The van der Waals surface area contributed by atoms with Gasteiger partial charge in [-0.05, 0) is 75.0 Å². The number of piperidine rings is 1. The first-order valence-corrected chi connectivity index (χ1v) is 10.5. The summed E-state index contributed by atoms with van der Waals surface area (Å²) in [6.07, 6.45) is 5.46. The average molecular weight is 401 g/mol. The van der Waals surface area contributed by atoms with Crippen molar-refractivity contribution in [3.8, 4) is 5.75 Å². The molecule has 3 rings (SSSR count). The average Bonchev–Trinajstić information content (AvgIpc) is 2.73. The zero-order valence-electron chi connectivity index (χ0n) is 16.3. The summed E-state index contributed by atoms with van der Waals surface area (Å²) < 4.78 is 5.73. The van der Waals surface area contributed by atoms with Crippen LogP contribution >= 0.6 is 11.6 Å². The highest BCUT2D eigenvalue weighted by molar-refractivity contribution is 6.30. The van der Waals surface area contributed by atoms with Gasteiger partial charge in [0.15, 0.2) is 0 Å². The quantitative estimate of drug-likeness (QED) is 0.615. The summed E-state index contributed by atoms with van der Waals surface area (Å²) in [6, 6.07) is 17.3. The maximum absolute atomic E-state index is 12.2. The third kappa shape index (κ3) is 6.84. The number of hydrogen-bond donors (Lipinski definition) is 1. The molecule has 0 bridgehead atoms. The van der Waals surface area contributed by atoms with Crippen LogP contribution in [0.3, 0.4) is 0 Å². The van der Waals surface area contributed by atoms with Gasteiger partial charge in [-0.2, -0.15) is 0 Å². The van der Waals surface area contributed by atoms with Gasteiger partial charge < -0.3 is 15.0 Å². The molecule has 0 unspecified atom stereocenters. The first-order valence-electron chi connectivity index (χ1n) is 10.2. The number of amides is 1. The van der Waals surface area contributed by atoms with Crippen molar-refractivity contribution in [1.82, 2.24) is 10.2 Å². The van der Waals surface area contributed by atoms with Crippen LogP contribution < -0.4 is 10.1 Å². The molecule has 0 aromatic heterocycles. The molecule has 1 saturated heterocycles. The zero-order valence-corrected chi connectivity index (χ0v) is 17.0. The topological polar surface area (TPSA) is 41.6 Å². The van der Waals surface area contributed by atoms with Gasteiger partial charge in [0.1, 0.15) is 5.75 Å². The van der Waals surface area contributed by atoms with Gasteiger partial charge >= 0.3 is 0 Å². The number of unbranched alkanes of at least 4 members (excludes halogenated alkanes) is 2. The van der Waals surface area contributed by atoms with Gasteiger partial charge in [0.2, 0.25) is 0 Å². The summed E-state index contributed by atoms with van der Waals surface area (Å²) in [5.74, 6) is 0.920. The lowest BCUT2D eigenvalue weighted by atomic mass is 10.0. The van der Waals surface area contributed by atoms with E-state index in [0.29, 0.717) is 0 Å². The lowest BCUT2D eigenvalue weighted by Crippen LogP contribution is -2.44. The molecule has 1 fully saturated rings. The van der Waals surface area contributed by atoms with Crippen LogP contribution in [0.15, 0.2) is 54.6 Å². The van der Waals surface area contributed by atoms with Crippen LogP contribution in [0.5, 0.6) is 5.75 Å². The van der Waals surface area contributed by atoms with Crippen molar-refractivity contribution < 1.29 is 9.53 Å². The van der Waals surface area contributed by atoms with Crippen LogP contribution in [-0.2, 0) is 0 Å². The number of carbonyl (C=O) groups excluding carboxylic acids is 1. The first kappa shape index (κ1) is 20.7. The second-order valence-electron chi connectivity index (χ2n) is 7.32. The number of rotatable bonds is 9. The van der Waals surface area contributed by atoms with E-state index in [0.717, 1.165) is 68.3 Å². The van der Waals surface area contributed by atoms with Gasteiger partial charge in [-0.25, -0.2) is 0 Å². The van der Waals surface area contributed by atoms with Gasteiger partial charge in [0.05, 0.1) is 6.61 Å². The fraction of sp³-hybridized carbons (Fsp3) is 0.435. The van der Waals surface area contributed by atoms with E-state index < -0.39 is 0 Å². The Morgan fingerprint density at radius 3 is 2.43 bits per heavy atom. The standard InChI is InChI=1S/C23H29ClN2O2/c24-20-9-11-22(12-10-20)28-18-6-2-5-15-26-16-13-21(14-17-26)25-23(27)19-7-3-1-4-8-19/h1,3-4,7-12,21H,2,5-6,13-18H2,(H,25,27). The smallest absolute Gasteiger partial charge is 0.251 e. The number of halogens is 1.